The lowest BCUT2D eigenvalue weighted by atomic mass is 10.2. The van der Waals surface area contributed by atoms with Crippen molar-refractivity contribution in [2.45, 2.75) is 57.2 Å². The number of likely N-dealkylation sites (N-methyl/N-ethyl adjacent to an activating group) is 1. The van der Waals surface area contributed by atoms with Crippen LogP contribution in [0.15, 0.2) is 0 Å². The van der Waals surface area contributed by atoms with Gasteiger partial charge in [0, 0.05) is 31.2 Å². The third-order valence-corrected chi connectivity index (χ3v) is 3.77. The van der Waals surface area contributed by atoms with Crippen molar-refractivity contribution in [1.82, 2.24) is 10.2 Å². The Kier molecular flexibility index (Phi) is 4.00. The van der Waals surface area contributed by atoms with Crippen LogP contribution in [0.1, 0.15) is 39.0 Å². The van der Waals surface area contributed by atoms with Gasteiger partial charge >= 0.3 is 0 Å². The maximum Gasteiger partial charge on any atom is 0.0110 e. The summed E-state index contributed by atoms with van der Waals surface area (Å²) >= 11 is 0. The normalized spacial score (nSPS) is 31.4. The summed E-state index contributed by atoms with van der Waals surface area (Å²) in [6.45, 7) is 5.83. The van der Waals surface area contributed by atoms with Gasteiger partial charge in [-0.2, -0.15) is 0 Å². The number of nitrogens with zero attached hydrogens (tertiary/aromatic N) is 1. The van der Waals surface area contributed by atoms with Gasteiger partial charge in [-0.25, -0.2) is 0 Å². The molecule has 2 rings (SSSR count). The fourth-order valence-electron chi connectivity index (χ4n) is 2.65. The minimum absolute atomic E-state index is 0.452. The zero-order valence-corrected chi connectivity index (χ0v) is 9.91. The number of hydrogen-bond acceptors (Lipinski definition) is 3. The average Bonchev–Trinajstić information content (AvgIpc) is 2.98. The van der Waals surface area contributed by atoms with Crippen molar-refractivity contribution in [2.24, 2.45) is 5.73 Å². The Morgan fingerprint density at radius 1 is 1.27 bits per heavy atom. The Morgan fingerprint density at radius 2 is 2.07 bits per heavy atom. The van der Waals surface area contributed by atoms with Gasteiger partial charge in [-0.15, -0.1) is 0 Å². The first-order chi connectivity index (χ1) is 7.29. The van der Waals surface area contributed by atoms with Crippen LogP contribution in [0, 0.1) is 0 Å². The predicted octanol–water partition coefficient (Wildman–Crippen LogP) is 0.940. The molecule has 3 heteroatoms. The van der Waals surface area contributed by atoms with E-state index >= 15 is 0 Å². The van der Waals surface area contributed by atoms with E-state index in [0.29, 0.717) is 12.1 Å². The molecule has 2 fully saturated rings. The Labute approximate surface area is 93.4 Å². The van der Waals surface area contributed by atoms with E-state index in [-0.39, 0.29) is 0 Å². The van der Waals surface area contributed by atoms with E-state index in [1.165, 1.54) is 45.2 Å². The molecule has 0 radical (unpaired) electrons. The van der Waals surface area contributed by atoms with Crippen LogP contribution in [0.2, 0.25) is 0 Å². The van der Waals surface area contributed by atoms with E-state index in [2.05, 4.69) is 17.1 Å². The molecule has 0 aromatic rings. The molecule has 0 spiro atoms. The zero-order valence-electron chi connectivity index (χ0n) is 9.91. The molecule has 0 bridgehead atoms. The van der Waals surface area contributed by atoms with Crippen LogP contribution in [0.25, 0.3) is 0 Å². The first-order valence-electron chi connectivity index (χ1n) is 6.52. The zero-order chi connectivity index (χ0) is 10.7. The molecule has 2 unspecified atom stereocenters. The van der Waals surface area contributed by atoms with Gasteiger partial charge < -0.3 is 11.1 Å². The van der Waals surface area contributed by atoms with Gasteiger partial charge in [0.15, 0.2) is 0 Å². The van der Waals surface area contributed by atoms with Crippen LogP contribution in [0.4, 0.5) is 0 Å². The topological polar surface area (TPSA) is 41.3 Å². The van der Waals surface area contributed by atoms with E-state index in [1.807, 2.05) is 0 Å². The standard InChI is InChI=1S/C12H25N3/c1-2-15(12-5-6-12)8-7-14-11-4-3-10(13)9-11/h10-12,14H,2-9,13H2,1H3. The Bertz CT molecular complexity index is 191. The van der Waals surface area contributed by atoms with Gasteiger partial charge in [0.2, 0.25) is 0 Å². The second-order valence-corrected chi connectivity index (χ2v) is 5.08. The fourth-order valence-corrected chi connectivity index (χ4v) is 2.65. The van der Waals surface area contributed by atoms with E-state index in [0.717, 1.165) is 12.6 Å². The van der Waals surface area contributed by atoms with Gasteiger partial charge in [-0.05, 0) is 38.6 Å². The molecule has 2 aliphatic rings. The molecule has 0 aromatic carbocycles. The molecular weight excluding hydrogens is 186 g/mol. The highest BCUT2D eigenvalue weighted by Gasteiger charge is 2.27. The van der Waals surface area contributed by atoms with Gasteiger partial charge in [-0.1, -0.05) is 6.92 Å². The van der Waals surface area contributed by atoms with Gasteiger partial charge in [0.05, 0.1) is 0 Å². The van der Waals surface area contributed by atoms with Crippen molar-refractivity contribution in [3.05, 3.63) is 0 Å². The molecular formula is C12H25N3. The molecule has 3 nitrogen and oxygen atoms in total. The van der Waals surface area contributed by atoms with Crippen LogP contribution >= 0.6 is 0 Å². The van der Waals surface area contributed by atoms with Gasteiger partial charge in [-0.3, -0.25) is 4.90 Å². The van der Waals surface area contributed by atoms with Crippen molar-refractivity contribution in [3.8, 4) is 0 Å². The van der Waals surface area contributed by atoms with Crippen molar-refractivity contribution >= 4 is 0 Å². The molecule has 2 aliphatic carbocycles. The first-order valence-corrected chi connectivity index (χ1v) is 6.52. The summed E-state index contributed by atoms with van der Waals surface area (Å²) in [4.78, 5) is 2.60. The fraction of sp³-hybridized carbons (Fsp3) is 1.00. The minimum Gasteiger partial charge on any atom is -0.328 e. The van der Waals surface area contributed by atoms with Crippen LogP contribution in [-0.4, -0.2) is 42.7 Å². The van der Waals surface area contributed by atoms with Crippen molar-refractivity contribution in [3.63, 3.8) is 0 Å². The van der Waals surface area contributed by atoms with Crippen LogP contribution in [-0.2, 0) is 0 Å². The molecule has 0 amide bonds. The van der Waals surface area contributed by atoms with Crippen molar-refractivity contribution in [1.29, 1.82) is 0 Å². The second kappa shape index (κ2) is 5.28. The monoisotopic (exact) mass is 211 g/mol. The Balaban J connectivity index is 1.57. The number of rotatable bonds is 6. The lowest BCUT2D eigenvalue weighted by molar-refractivity contribution is 0.272. The van der Waals surface area contributed by atoms with E-state index in [4.69, 9.17) is 5.73 Å². The van der Waals surface area contributed by atoms with E-state index in [9.17, 15) is 0 Å². The molecule has 88 valence electrons. The Morgan fingerprint density at radius 3 is 2.60 bits per heavy atom. The highest BCUT2D eigenvalue weighted by Crippen LogP contribution is 2.26. The number of nitrogens with two attached hydrogens (primary N) is 1. The summed E-state index contributed by atoms with van der Waals surface area (Å²) < 4.78 is 0. The van der Waals surface area contributed by atoms with Gasteiger partial charge in [0.1, 0.15) is 0 Å². The van der Waals surface area contributed by atoms with Crippen LogP contribution in [0.5, 0.6) is 0 Å². The summed E-state index contributed by atoms with van der Waals surface area (Å²) in [6, 6.07) is 2.05. The SMILES string of the molecule is CCN(CCNC1CCC(N)C1)C1CC1. The number of nitrogens with one attached hydrogen (secondary N) is 1. The lowest BCUT2D eigenvalue weighted by Gasteiger charge is -2.21. The summed E-state index contributed by atoms with van der Waals surface area (Å²) in [7, 11) is 0. The molecule has 0 aliphatic heterocycles. The molecule has 2 atom stereocenters. The van der Waals surface area contributed by atoms with Crippen molar-refractivity contribution in [2.75, 3.05) is 19.6 Å². The third-order valence-electron chi connectivity index (χ3n) is 3.77. The summed E-state index contributed by atoms with van der Waals surface area (Å²) in [5.41, 5.74) is 5.89. The molecule has 2 saturated carbocycles. The van der Waals surface area contributed by atoms with E-state index in [1.54, 1.807) is 0 Å². The maximum atomic E-state index is 5.89. The molecule has 3 N–H and O–H groups in total. The van der Waals surface area contributed by atoms with E-state index < -0.39 is 0 Å². The van der Waals surface area contributed by atoms with Crippen LogP contribution < -0.4 is 11.1 Å². The summed E-state index contributed by atoms with van der Waals surface area (Å²) in [6.07, 6.45) is 6.49. The molecule has 0 saturated heterocycles. The summed E-state index contributed by atoms with van der Waals surface area (Å²) in [5, 5.41) is 3.64. The average molecular weight is 211 g/mol. The Hall–Kier alpha value is -0.120. The smallest absolute Gasteiger partial charge is 0.0110 e. The highest BCUT2D eigenvalue weighted by molar-refractivity contribution is 4.86. The second-order valence-electron chi connectivity index (χ2n) is 5.08. The molecule has 15 heavy (non-hydrogen) atoms. The van der Waals surface area contributed by atoms with Crippen LogP contribution in [0.3, 0.4) is 0 Å². The maximum absolute atomic E-state index is 5.89. The summed E-state index contributed by atoms with van der Waals surface area (Å²) in [5.74, 6) is 0. The number of hydrogen-bond donors (Lipinski definition) is 2. The first kappa shape index (κ1) is 11.4. The predicted molar refractivity (Wildman–Crippen MR) is 63.9 cm³/mol. The molecule has 0 heterocycles. The highest BCUT2D eigenvalue weighted by atomic mass is 15.2. The minimum atomic E-state index is 0.452. The third kappa shape index (κ3) is 3.44. The lowest BCUT2D eigenvalue weighted by Crippen LogP contribution is -2.37. The quantitative estimate of drug-likeness (QED) is 0.687. The molecule has 0 aromatic heterocycles. The largest absolute Gasteiger partial charge is 0.328 e. The van der Waals surface area contributed by atoms with Crippen molar-refractivity contribution < 1.29 is 0 Å². The van der Waals surface area contributed by atoms with Gasteiger partial charge in [0.25, 0.3) is 0 Å².